The molecule has 100 valence electrons. The Morgan fingerprint density at radius 2 is 1.68 bits per heavy atom. The van der Waals surface area contributed by atoms with E-state index in [-0.39, 0.29) is 11.4 Å². The Kier molecular flexibility index (Phi) is 6.90. The summed E-state index contributed by atoms with van der Waals surface area (Å²) in [4.78, 5) is 29.9. The molecule has 0 bridgehead atoms. The van der Waals surface area contributed by atoms with E-state index in [1.54, 1.807) is 0 Å². The molecule has 0 aliphatic carbocycles. The van der Waals surface area contributed by atoms with Gasteiger partial charge in [0.2, 0.25) is 5.91 Å². The molecule has 0 saturated carbocycles. The number of esters is 1. The van der Waals surface area contributed by atoms with Gasteiger partial charge in [-0.2, -0.15) is 0 Å². The smallest absolute Gasteiger partial charge is 0.335 e. The van der Waals surface area contributed by atoms with Crippen LogP contribution in [0.4, 0.5) is 5.69 Å². The van der Waals surface area contributed by atoms with Gasteiger partial charge in [0, 0.05) is 18.2 Å². The number of amides is 1. The second kappa shape index (κ2) is 8.18. The lowest BCUT2D eigenvalue weighted by Crippen LogP contribution is -2.04. The molecule has 0 aromatic heterocycles. The van der Waals surface area contributed by atoms with Crippen molar-refractivity contribution in [1.82, 2.24) is 0 Å². The molecule has 0 aliphatic rings. The molecule has 7 nitrogen and oxygen atoms in total. The standard InChI is InChI=1S/C9H7NO4.C3H5NO/c1-2-9(11)14-8-5-3-7(4-6-8)10(12)13;1-2-3(4)5/h2-6H,1H2;2H,1H2,(H2,4,5). The van der Waals surface area contributed by atoms with Crippen molar-refractivity contribution in [2.45, 2.75) is 0 Å². The van der Waals surface area contributed by atoms with Crippen LogP contribution >= 0.6 is 0 Å². The Balaban J connectivity index is 0.000000555. The van der Waals surface area contributed by atoms with Gasteiger partial charge in [0.15, 0.2) is 0 Å². The summed E-state index contributed by atoms with van der Waals surface area (Å²) >= 11 is 0. The average molecular weight is 264 g/mol. The van der Waals surface area contributed by atoms with Gasteiger partial charge in [-0.3, -0.25) is 14.9 Å². The molecule has 0 heterocycles. The quantitative estimate of drug-likeness (QED) is 0.290. The van der Waals surface area contributed by atoms with E-state index in [0.29, 0.717) is 0 Å². The van der Waals surface area contributed by atoms with Crippen LogP contribution in [0.2, 0.25) is 0 Å². The van der Waals surface area contributed by atoms with Crippen molar-refractivity contribution >= 4 is 17.6 Å². The van der Waals surface area contributed by atoms with Crippen molar-refractivity contribution in [3.05, 3.63) is 59.7 Å². The molecule has 7 heteroatoms. The van der Waals surface area contributed by atoms with Crippen LogP contribution in [-0.2, 0) is 9.59 Å². The van der Waals surface area contributed by atoms with E-state index in [2.05, 4.69) is 18.9 Å². The highest BCUT2D eigenvalue weighted by molar-refractivity contribution is 5.85. The number of benzene rings is 1. The molecule has 1 aromatic carbocycles. The number of rotatable bonds is 4. The topological polar surface area (TPSA) is 113 Å². The van der Waals surface area contributed by atoms with Gasteiger partial charge < -0.3 is 10.5 Å². The van der Waals surface area contributed by atoms with Crippen LogP contribution in [0.3, 0.4) is 0 Å². The van der Waals surface area contributed by atoms with E-state index < -0.39 is 16.8 Å². The predicted molar refractivity (Wildman–Crippen MR) is 68.3 cm³/mol. The number of carbonyl (C=O) groups excluding carboxylic acids is 2. The largest absolute Gasteiger partial charge is 0.423 e. The van der Waals surface area contributed by atoms with Crippen molar-refractivity contribution in [2.75, 3.05) is 0 Å². The molecule has 0 fully saturated rings. The summed E-state index contributed by atoms with van der Waals surface area (Å²) in [6, 6.07) is 5.20. The Bertz CT molecular complexity index is 493. The van der Waals surface area contributed by atoms with E-state index in [4.69, 9.17) is 4.74 Å². The monoisotopic (exact) mass is 264 g/mol. The lowest BCUT2D eigenvalue weighted by atomic mass is 10.3. The highest BCUT2D eigenvalue weighted by atomic mass is 16.6. The maximum absolute atomic E-state index is 10.7. The van der Waals surface area contributed by atoms with Crippen molar-refractivity contribution in [1.29, 1.82) is 0 Å². The van der Waals surface area contributed by atoms with E-state index in [0.717, 1.165) is 12.2 Å². The second-order valence-corrected chi connectivity index (χ2v) is 2.98. The van der Waals surface area contributed by atoms with Crippen LogP contribution < -0.4 is 10.5 Å². The van der Waals surface area contributed by atoms with E-state index >= 15 is 0 Å². The zero-order valence-corrected chi connectivity index (χ0v) is 9.94. The minimum atomic E-state index is -0.598. The van der Waals surface area contributed by atoms with E-state index in [9.17, 15) is 19.7 Å². The molecule has 1 rings (SSSR count). The Morgan fingerprint density at radius 1 is 1.21 bits per heavy atom. The van der Waals surface area contributed by atoms with Gasteiger partial charge >= 0.3 is 5.97 Å². The number of nitro benzene ring substituents is 1. The van der Waals surface area contributed by atoms with Crippen LogP contribution in [0.25, 0.3) is 0 Å². The van der Waals surface area contributed by atoms with Crippen molar-refractivity contribution in [2.24, 2.45) is 5.73 Å². The molecule has 1 amide bonds. The normalized spacial score (nSPS) is 8.42. The highest BCUT2D eigenvalue weighted by Gasteiger charge is 2.05. The van der Waals surface area contributed by atoms with Gasteiger partial charge in [-0.15, -0.1) is 0 Å². The van der Waals surface area contributed by atoms with Gasteiger partial charge in [-0.05, 0) is 18.2 Å². The number of nitro groups is 1. The van der Waals surface area contributed by atoms with Crippen LogP contribution in [0, 0.1) is 10.1 Å². The first-order chi connectivity index (χ1) is 8.90. The van der Waals surface area contributed by atoms with Gasteiger partial charge in [0.05, 0.1) is 4.92 Å². The fraction of sp³-hybridized carbons (Fsp3) is 0. The maximum Gasteiger partial charge on any atom is 0.335 e. The third-order valence-electron chi connectivity index (χ3n) is 1.63. The first kappa shape index (κ1) is 16.0. The van der Waals surface area contributed by atoms with Crippen LogP contribution in [-0.4, -0.2) is 16.8 Å². The molecular formula is C12H12N2O5. The average Bonchev–Trinajstić information content (AvgIpc) is 2.39. The van der Waals surface area contributed by atoms with Gasteiger partial charge in [-0.1, -0.05) is 13.2 Å². The number of ether oxygens (including phenoxy) is 1. The van der Waals surface area contributed by atoms with Crippen LogP contribution in [0.1, 0.15) is 0 Å². The molecule has 2 N–H and O–H groups in total. The molecule has 0 saturated heterocycles. The molecule has 0 unspecified atom stereocenters. The number of hydrogen-bond acceptors (Lipinski definition) is 5. The van der Waals surface area contributed by atoms with Crippen LogP contribution in [0.5, 0.6) is 5.75 Å². The summed E-state index contributed by atoms with van der Waals surface area (Å²) < 4.78 is 4.72. The van der Waals surface area contributed by atoms with E-state index in [1.165, 1.54) is 24.3 Å². The fourth-order valence-electron chi connectivity index (χ4n) is 0.794. The first-order valence-electron chi connectivity index (χ1n) is 4.91. The van der Waals surface area contributed by atoms with Gasteiger partial charge in [-0.25, -0.2) is 4.79 Å². The summed E-state index contributed by atoms with van der Waals surface area (Å²) in [6.07, 6.45) is 2.07. The molecule has 19 heavy (non-hydrogen) atoms. The second-order valence-electron chi connectivity index (χ2n) is 2.98. The summed E-state index contributed by atoms with van der Waals surface area (Å²) in [5, 5.41) is 10.3. The zero-order chi connectivity index (χ0) is 14.8. The Hall–Kier alpha value is -2.96. The summed E-state index contributed by atoms with van der Waals surface area (Å²) in [5.74, 6) is -0.829. The molecular weight excluding hydrogens is 252 g/mol. The maximum atomic E-state index is 10.7. The minimum absolute atomic E-state index is 0.0524. The summed E-state index contributed by atoms with van der Waals surface area (Å²) in [6.45, 7) is 6.31. The summed E-state index contributed by atoms with van der Waals surface area (Å²) in [7, 11) is 0. The fourth-order valence-corrected chi connectivity index (χ4v) is 0.794. The molecule has 0 spiro atoms. The SMILES string of the molecule is C=CC(=O)Oc1ccc([N+](=O)[O-])cc1.C=CC(N)=O. The lowest BCUT2D eigenvalue weighted by molar-refractivity contribution is -0.384. The molecule has 0 aliphatic heterocycles. The number of carbonyl (C=O) groups is 2. The van der Waals surface area contributed by atoms with Gasteiger partial charge in [0.25, 0.3) is 5.69 Å². The predicted octanol–water partition coefficient (Wildman–Crippen LogP) is 1.34. The first-order valence-corrected chi connectivity index (χ1v) is 4.91. The Labute approximate surface area is 109 Å². The number of non-ortho nitro benzene ring substituents is 1. The number of nitrogens with zero attached hydrogens (tertiary/aromatic N) is 1. The van der Waals surface area contributed by atoms with Gasteiger partial charge in [0.1, 0.15) is 5.75 Å². The third kappa shape index (κ3) is 7.05. The molecule has 1 aromatic rings. The molecule has 0 radical (unpaired) electrons. The third-order valence-corrected chi connectivity index (χ3v) is 1.63. The lowest BCUT2D eigenvalue weighted by Gasteiger charge is -1.99. The number of nitrogens with two attached hydrogens (primary N) is 1. The molecule has 0 atom stereocenters. The Morgan fingerprint density at radius 3 is 2.00 bits per heavy atom. The number of hydrogen-bond donors (Lipinski definition) is 1. The zero-order valence-electron chi connectivity index (χ0n) is 9.94. The van der Waals surface area contributed by atoms with Crippen LogP contribution in [0.15, 0.2) is 49.6 Å². The minimum Gasteiger partial charge on any atom is -0.423 e. The summed E-state index contributed by atoms with van der Waals surface area (Å²) in [5.41, 5.74) is 4.48. The van der Waals surface area contributed by atoms with Crippen molar-refractivity contribution in [3.8, 4) is 5.75 Å². The van der Waals surface area contributed by atoms with Crippen molar-refractivity contribution in [3.63, 3.8) is 0 Å². The van der Waals surface area contributed by atoms with E-state index in [1.807, 2.05) is 0 Å². The van der Waals surface area contributed by atoms with Crippen molar-refractivity contribution < 1.29 is 19.2 Å². The number of primary amides is 1. The highest BCUT2D eigenvalue weighted by Crippen LogP contribution is 2.17.